The molecule has 1 aromatic heterocycles. The molecule has 0 aliphatic rings. The topological polar surface area (TPSA) is 82.7 Å². The summed E-state index contributed by atoms with van der Waals surface area (Å²) in [6.45, 7) is 4.55. The van der Waals surface area contributed by atoms with Crippen molar-refractivity contribution in [1.29, 1.82) is 0 Å². The van der Waals surface area contributed by atoms with Gasteiger partial charge in [0.05, 0.1) is 6.26 Å². The second-order valence-electron chi connectivity index (χ2n) is 4.32. The van der Waals surface area contributed by atoms with Crippen molar-refractivity contribution in [2.24, 2.45) is 0 Å². The molecule has 5 heteroatoms. The van der Waals surface area contributed by atoms with E-state index in [-0.39, 0.29) is 17.9 Å². The van der Waals surface area contributed by atoms with Crippen LogP contribution in [0.1, 0.15) is 42.8 Å². The first-order valence-corrected chi connectivity index (χ1v) is 5.68. The van der Waals surface area contributed by atoms with Crippen LogP contribution in [0, 0.1) is 0 Å². The van der Waals surface area contributed by atoms with Crippen molar-refractivity contribution in [3.05, 3.63) is 23.7 Å². The maximum absolute atomic E-state index is 10.8. The summed E-state index contributed by atoms with van der Waals surface area (Å²) in [5.74, 6) is -1.09. The van der Waals surface area contributed by atoms with E-state index < -0.39 is 5.97 Å². The number of aromatic carboxylic acids is 1. The predicted molar refractivity (Wildman–Crippen MR) is 62.9 cm³/mol. The summed E-state index contributed by atoms with van der Waals surface area (Å²) in [5.41, 5.74) is 0.428. The average Bonchev–Trinajstić information content (AvgIpc) is 2.75. The molecule has 1 heterocycles. The fourth-order valence-corrected chi connectivity index (χ4v) is 1.61. The molecule has 1 rings (SSSR count). The van der Waals surface area contributed by atoms with Crippen molar-refractivity contribution in [1.82, 2.24) is 5.32 Å². The average molecular weight is 241 g/mol. The number of carbonyl (C=O) groups is 1. The van der Waals surface area contributed by atoms with Crippen LogP contribution in [0.25, 0.3) is 0 Å². The van der Waals surface area contributed by atoms with Gasteiger partial charge in [-0.25, -0.2) is 4.79 Å². The minimum Gasteiger partial charge on any atom is -0.475 e. The molecule has 0 aliphatic heterocycles. The summed E-state index contributed by atoms with van der Waals surface area (Å²) in [7, 11) is 0. The van der Waals surface area contributed by atoms with Crippen molar-refractivity contribution < 1.29 is 19.4 Å². The van der Waals surface area contributed by atoms with Gasteiger partial charge in [-0.1, -0.05) is 6.92 Å². The summed E-state index contributed by atoms with van der Waals surface area (Å²) in [5, 5.41) is 21.1. The molecular formula is C12H19NO4. The van der Waals surface area contributed by atoms with Crippen molar-refractivity contribution in [3.8, 4) is 0 Å². The summed E-state index contributed by atoms with van der Waals surface area (Å²) < 4.78 is 4.90. The third-order valence-corrected chi connectivity index (χ3v) is 3.09. The Morgan fingerprint density at radius 1 is 1.59 bits per heavy atom. The first-order valence-electron chi connectivity index (χ1n) is 5.68. The lowest BCUT2D eigenvalue weighted by atomic mass is 9.94. The van der Waals surface area contributed by atoms with Gasteiger partial charge in [-0.2, -0.15) is 0 Å². The van der Waals surface area contributed by atoms with Crippen LogP contribution in [0.5, 0.6) is 0 Å². The fraction of sp³-hybridized carbons (Fsp3) is 0.583. The van der Waals surface area contributed by atoms with Crippen LogP contribution in [-0.4, -0.2) is 28.3 Å². The molecule has 0 saturated heterocycles. The Balaban J connectivity index is 2.66. The third-order valence-electron chi connectivity index (χ3n) is 3.09. The van der Waals surface area contributed by atoms with Crippen LogP contribution in [0.3, 0.4) is 0 Å². The van der Waals surface area contributed by atoms with E-state index in [2.05, 4.69) is 5.32 Å². The molecule has 0 radical (unpaired) electrons. The smallest absolute Gasteiger partial charge is 0.372 e. The second kappa shape index (κ2) is 5.84. The number of aliphatic hydroxyl groups is 1. The number of aliphatic hydroxyl groups excluding tert-OH is 1. The Labute approximate surface area is 100 Å². The highest BCUT2D eigenvalue weighted by Gasteiger charge is 2.22. The predicted octanol–water partition coefficient (Wildman–Crippen LogP) is 1.62. The zero-order valence-electron chi connectivity index (χ0n) is 10.2. The number of hydrogen-bond acceptors (Lipinski definition) is 4. The Bertz CT molecular complexity index is 374. The number of nitrogens with one attached hydrogen (secondary N) is 1. The molecule has 3 N–H and O–H groups in total. The molecule has 0 amide bonds. The van der Waals surface area contributed by atoms with E-state index >= 15 is 0 Å². The zero-order chi connectivity index (χ0) is 12.9. The maximum Gasteiger partial charge on any atom is 0.372 e. The number of hydrogen-bond donors (Lipinski definition) is 3. The molecule has 0 aliphatic carbocycles. The van der Waals surface area contributed by atoms with E-state index in [1.165, 1.54) is 6.26 Å². The lowest BCUT2D eigenvalue weighted by Gasteiger charge is -2.29. The first kappa shape index (κ1) is 13.7. The molecule has 17 heavy (non-hydrogen) atoms. The second-order valence-corrected chi connectivity index (χ2v) is 4.32. The van der Waals surface area contributed by atoms with Gasteiger partial charge < -0.3 is 19.9 Å². The minimum atomic E-state index is -1.06. The Morgan fingerprint density at radius 2 is 2.29 bits per heavy atom. The monoisotopic (exact) mass is 241 g/mol. The largest absolute Gasteiger partial charge is 0.475 e. The molecule has 5 nitrogen and oxygen atoms in total. The molecule has 0 aromatic carbocycles. The van der Waals surface area contributed by atoms with Gasteiger partial charge in [0, 0.05) is 24.3 Å². The molecule has 1 aromatic rings. The number of rotatable bonds is 7. The quantitative estimate of drug-likeness (QED) is 0.675. The van der Waals surface area contributed by atoms with Gasteiger partial charge in [0.25, 0.3) is 0 Å². The molecule has 96 valence electrons. The van der Waals surface area contributed by atoms with E-state index in [1.54, 1.807) is 6.07 Å². The highest BCUT2D eigenvalue weighted by atomic mass is 16.4. The maximum atomic E-state index is 10.8. The standard InChI is InChI=1S/C12H19NO4/c1-3-12(2,5-6-14)13-8-9-4-7-17-10(9)11(15)16/h4,7,13-14H,3,5-6,8H2,1-2H3,(H,15,16). The van der Waals surface area contributed by atoms with Crippen LogP contribution in [-0.2, 0) is 6.54 Å². The van der Waals surface area contributed by atoms with Crippen LogP contribution in [0.15, 0.2) is 16.7 Å². The van der Waals surface area contributed by atoms with Gasteiger partial charge >= 0.3 is 5.97 Å². The zero-order valence-corrected chi connectivity index (χ0v) is 10.2. The van der Waals surface area contributed by atoms with Gasteiger partial charge in [-0.05, 0) is 25.8 Å². The lowest BCUT2D eigenvalue weighted by molar-refractivity contribution is 0.0660. The van der Waals surface area contributed by atoms with Gasteiger partial charge in [0.1, 0.15) is 0 Å². The van der Waals surface area contributed by atoms with Gasteiger partial charge in [-0.15, -0.1) is 0 Å². The van der Waals surface area contributed by atoms with E-state index in [0.29, 0.717) is 18.5 Å². The molecule has 1 atom stereocenters. The van der Waals surface area contributed by atoms with E-state index in [9.17, 15) is 4.79 Å². The molecule has 0 fully saturated rings. The summed E-state index contributed by atoms with van der Waals surface area (Å²) in [6, 6.07) is 1.64. The van der Waals surface area contributed by atoms with E-state index in [0.717, 1.165) is 6.42 Å². The van der Waals surface area contributed by atoms with Crippen LogP contribution >= 0.6 is 0 Å². The SMILES string of the molecule is CCC(C)(CCO)NCc1ccoc1C(=O)O. The highest BCUT2D eigenvalue weighted by Crippen LogP contribution is 2.17. The van der Waals surface area contributed by atoms with Gasteiger partial charge in [-0.3, -0.25) is 0 Å². The van der Waals surface area contributed by atoms with E-state index in [4.69, 9.17) is 14.6 Å². The Hall–Kier alpha value is -1.33. The van der Waals surface area contributed by atoms with E-state index in [1.807, 2.05) is 13.8 Å². The fourth-order valence-electron chi connectivity index (χ4n) is 1.61. The lowest BCUT2D eigenvalue weighted by Crippen LogP contribution is -2.42. The molecular weight excluding hydrogens is 222 g/mol. The molecule has 1 unspecified atom stereocenters. The number of carboxylic acid groups (broad SMARTS) is 1. The third kappa shape index (κ3) is 3.57. The normalized spacial score (nSPS) is 14.5. The van der Waals surface area contributed by atoms with Crippen molar-refractivity contribution in [2.45, 2.75) is 38.8 Å². The summed E-state index contributed by atoms with van der Waals surface area (Å²) >= 11 is 0. The van der Waals surface area contributed by atoms with Gasteiger partial charge in [0.15, 0.2) is 0 Å². The number of furan rings is 1. The summed E-state index contributed by atoms with van der Waals surface area (Å²) in [6.07, 6.45) is 2.85. The minimum absolute atomic E-state index is 0.0278. The molecule has 0 spiro atoms. The highest BCUT2D eigenvalue weighted by molar-refractivity contribution is 5.86. The Kier molecular flexibility index (Phi) is 4.72. The Morgan fingerprint density at radius 3 is 2.82 bits per heavy atom. The first-order chi connectivity index (χ1) is 8.02. The summed E-state index contributed by atoms with van der Waals surface area (Å²) in [4.78, 5) is 10.8. The van der Waals surface area contributed by atoms with Crippen LogP contribution in [0.2, 0.25) is 0 Å². The van der Waals surface area contributed by atoms with Crippen LogP contribution < -0.4 is 5.32 Å². The van der Waals surface area contributed by atoms with Crippen LogP contribution in [0.4, 0.5) is 0 Å². The molecule has 0 bridgehead atoms. The number of carboxylic acids is 1. The van der Waals surface area contributed by atoms with Crippen molar-refractivity contribution in [3.63, 3.8) is 0 Å². The van der Waals surface area contributed by atoms with Gasteiger partial charge in [0.2, 0.25) is 5.76 Å². The van der Waals surface area contributed by atoms with Crippen molar-refractivity contribution in [2.75, 3.05) is 6.61 Å². The van der Waals surface area contributed by atoms with Crippen molar-refractivity contribution >= 4 is 5.97 Å². The molecule has 0 saturated carbocycles.